The summed E-state index contributed by atoms with van der Waals surface area (Å²) >= 11 is 0. The number of carbonyl (C=O) groups excluding carboxylic acids is 1. The van der Waals surface area contributed by atoms with Crippen LogP contribution in [0, 0.1) is 0 Å². The van der Waals surface area contributed by atoms with Gasteiger partial charge in [0.15, 0.2) is 0 Å². The molecule has 1 fully saturated rings. The number of hydrogen-bond donors (Lipinski definition) is 1. The molecule has 1 amide bonds. The van der Waals surface area contributed by atoms with Crippen LogP contribution in [0.4, 0.5) is 11.5 Å². The van der Waals surface area contributed by atoms with E-state index in [9.17, 15) is 4.79 Å². The van der Waals surface area contributed by atoms with Gasteiger partial charge in [-0.15, -0.1) is 0 Å². The molecule has 0 saturated carbocycles. The van der Waals surface area contributed by atoms with Gasteiger partial charge in [0.25, 0.3) is 5.91 Å². The molecule has 3 rings (SSSR count). The molecule has 2 aromatic rings. The Morgan fingerprint density at radius 2 is 1.81 bits per heavy atom. The highest BCUT2D eigenvalue weighted by Gasteiger charge is 2.20. The molecule has 144 valence electrons. The van der Waals surface area contributed by atoms with Gasteiger partial charge in [-0.05, 0) is 24.3 Å². The maximum absolute atomic E-state index is 12.0. The largest absolute Gasteiger partial charge is 0.495 e. The quantitative estimate of drug-likeness (QED) is 0.750. The van der Waals surface area contributed by atoms with E-state index in [4.69, 9.17) is 9.47 Å². The second-order valence-electron chi connectivity index (χ2n) is 6.30. The number of ether oxygens (including phenoxy) is 2. The van der Waals surface area contributed by atoms with Crippen molar-refractivity contribution in [2.24, 2.45) is 0 Å². The molecule has 27 heavy (non-hydrogen) atoms. The Bertz CT molecular complexity index is 743. The molecule has 0 aliphatic carbocycles. The lowest BCUT2D eigenvalue weighted by atomic mass is 10.2. The normalized spacial score (nSPS) is 14.1. The van der Waals surface area contributed by atoms with Crippen LogP contribution in [0.25, 0.3) is 0 Å². The number of aromatic nitrogens is 1. The maximum Gasteiger partial charge on any atom is 0.252 e. The van der Waals surface area contributed by atoms with Crippen LogP contribution in [0.1, 0.15) is 10.4 Å². The third-order valence-electron chi connectivity index (χ3n) is 4.63. The lowest BCUT2D eigenvalue weighted by Gasteiger charge is -2.37. The van der Waals surface area contributed by atoms with Gasteiger partial charge in [-0.1, -0.05) is 12.1 Å². The van der Waals surface area contributed by atoms with Crippen LogP contribution in [-0.4, -0.2) is 64.4 Å². The minimum absolute atomic E-state index is 0.132. The van der Waals surface area contributed by atoms with E-state index < -0.39 is 0 Å². The molecule has 0 bridgehead atoms. The second kappa shape index (κ2) is 9.23. The number of nitrogens with zero attached hydrogens (tertiary/aromatic N) is 3. The molecule has 0 atom stereocenters. The van der Waals surface area contributed by atoms with E-state index >= 15 is 0 Å². The number of carbonyl (C=O) groups is 1. The van der Waals surface area contributed by atoms with Crippen LogP contribution in [0.2, 0.25) is 0 Å². The number of para-hydroxylation sites is 2. The molecule has 2 heterocycles. The first-order chi connectivity index (χ1) is 13.2. The van der Waals surface area contributed by atoms with Crippen molar-refractivity contribution in [2.75, 3.05) is 63.4 Å². The Morgan fingerprint density at radius 1 is 1.07 bits per heavy atom. The van der Waals surface area contributed by atoms with Gasteiger partial charge in [0, 0.05) is 46.0 Å². The van der Waals surface area contributed by atoms with Crippen LogP contribution >= 0.6 is 0 Å². The summed E-state index contributed by atoms with van der Waals surface area (Å²) in [4.78, 5) is 21.1. The molecule has 0 radical (unpaired) electrons. The maximum atomic E-state index is 12.0. The lowest BCUT2D eigenvalue weighted by Crippen LogP contribution is -2.47. The van der Waals surface area contributed by atoms with E-state index in [1.165, 1.54) is 0 Å². The van der Waals surface area contributed by atoms with Gasteiger partial charge in [0.1, 0.15) is 11.6 Å². The molecule has 1 aliphatic rings. The predicted molar refractivity (Wildman–Crippen MR) is 106 cm³/mol. The Morgan fingerprint density at radius 3 is 2.48 bits per heavy atom. The number of anilines is 2. The van der Waals surface area contributed by atoms with Crippen LogP contribution < -0.4 is 19.9 Å². The van der Waals surface area contributed by atoms with Crippen LogP contribution in [-0.2, 0) is 4.74 Å². The number of amides is 1. The van der Waals surface area contributed by atoms with Gasteiger partial charge in [-0.3, -0.25) is 4.79 Å². The molecule has 1 aromatic heterocycles. The van der Waals surface area contributed by atoms with Crippen molar-refractivity contribution >= 4 is 17.4 Å². The van der Waals surface area contributed by atoms with Crippen molar-refractivity contribution in [3.8, 4) is 5.75 Å². The molecule has 1 aliphatic heterocycles. The monoisotopic (exact) mass is 370 g/mol. The first-order valence-electron chi connectivity index (χ1n) is 9.09. The first kappa shape index (κ1) is 19.0. The van der Waals surface area contributed by atoms with Crippen molar-refractivity contribution in [1.29, 1.82) is 0 Å². The highest BCUT2D eigenvalue weighted by molar-refractivity contribution is 5.94. The van der Waals surface area contributed by atoms with Crippen LogP contribution in [0.15, 0.2) is 42.6 Å². The predicted octanol–water partition coefficient (Wildman–Crippen LogP) is 1.79. The standard InChI is InChI=1S/C20H26N4O3/c1-26-14-9-21-20(25)16-7-8-19(22-15-16)24-12-10-23(11-13-24)17-5-3-4-6-18(17)27-2/h3-8,15H,9-14H2,1-2H3,(H,21,25). The number of hydrogen-bond acceptors (Lipinski definition) is 6. The average Bonchev–Trinajstić information content (AvgIpc) is 2.74. The van der Waals surface area contributed by atoms with E-state index in [1.807, 2.05) is 30.3 Å². The summed E-state index contributed by atoms with van der Waals surface area (Å²) in [6.45, 7) is 4.49. The summed E-state index contributed by atoms with van der Waals surface area (Å²) in [7, 11) is 3.31. The minimum Gasteiger partial charge on any atom is -0.495 e. The van der Waals surface area contributed by atoms with Crippen molar-refractivity contribution in [2.45, 2.75) is 0 Å². The first-order valence-corrected chi connectivity index (χ1v) is 9.09. The third kappa shape index (κ3) is 4.68. The second-order valence-corrected chi connectivity index (χ2v) is 6.30. The summed E-state index contributed by atoms with van der Waals surface area (Å²) < 4.78 is 10.4. The zero-order valence-electron chi connectivity index (χ0n) is 15.9. The summed E-state index contributed by atoms with van der Waals surface area (Å²) in [6.07, 6.45) is 1.63. The zero-order chi connectivity index (χ0) is 19.1. The molecule has 0 spiro atoms. The van der Waals surface area contributed by atoms with Crippen LogP contribution in [0.5, 0.6) is 5.75 Å². The van der Waals surface area contributed by atoms with Crippen LogP contribution in [0.3, 0.4) is 0 Å². The van der Waals surface area contributed by atoms with E-state index in [0.717, 1.165) is 43.4 Å². The third-order valence-corrected chi connectivity index (χ3v) is 4.63. The summed E-state index contributed by atoms with van der Waals surface area (Å²) in [5.74, 6) is 1.66. The van der Waals surface area contributed by atoms with Gasteiger partial charge in [0.2, 0.25) is 0 Å². The molecule has 7 nitrogen and oxygen atoms in total. The number of rotatable bonds is 7. The Hall–Kier alpha value is -2.80. The van der Waals surface area contributed by atoms with E-state index in [-0.39, 0.29) is 5.91 Å². The zero-order valence-corrected chi connectivity index (χ0v) is 15.9. The number of nitrogens with one attached hydrogen (secondary N) is 1. The Kier molecular flexibility index (Phi) is 6.49. The summed E-state index contributed by atoms with van der Waals surface area (Å²) in [6, 6.07) is 11.8. The fraction of sp³-hybridized carbons (Fsp3) is 0.400. The fourth-order valence-corrected chi connectivity index (χ4v) is 3.14. The van der Waals surface area contributed by atoms with E-state index in [0.29, 0.717) is 18.7 Å². The van der Waals surface area contributed by atoms with Gasteiger partial charge in [-0.2, -0.15) is 0 Å². The van der Waals surface area contributed by atoms with Gasteiger partial charge in [0.05, 0.1) is 25.0 Å². The lowest BCUT2D eigenvalue weighted by molar-refractivity contribution is 0.0937. The number of methoxy groups -OCH3 is 2. The molecule has 1 N–H and O–H groups in total. The molecular weight excluding hydrogens is 344 g/mol. The number of piperazine rings is 1. The van der Waals surface area contributed by atoms with Crippen molar-refractivity contribution in [1.82, 2.24) is 10.3 Å². The summed E-state index contributed by atoms with van der Waals surface area (Å²) in [5, 5.41) is 2.80. The van der Waals surface area contributed by atoms with E-state index in [1.54, 1.807) is 20.4 Å². The molecule has 1 saturated heterocycles. The molecule has 0 unspecified atom stereocenters. The number of pyridine rings is 1. The highest BCUT2D eigenvalue weighted by atomic mass is 16.5. The summed E-state index contributed by atoms with van der Waals surface area (Å²) in [5.41, 5.74) is 1.68. The highest BCUT2D eigenvalue weighted by Crippen LogP contribution is 2.28. The average molecular weight is 370 g/mol. The molecular formula is C20H26N4O3. The van der Waals surface area contributed by atoms with Gasteiger partial charge >= 0.3 is 0 Å². The van der Waals surface area contributed by atoms with Crippen molar-refractivity contribution in [3.05, 3.63) is 48.2 Å². The molecule has 7 heteroatoms. The smallest absolute Gasteiger partial charge is 0.252 e. The Balaban J connectivity index is 1.57. The topological polar surface area (TPSA) is 66.9 Å². The minimum atomic E-state index is -0.132. The van der Waals surface area contributed by atoms with Crippen molar-refractivity contribution in [3.63, 3.8) is 0 Å². The van der Waals surface area contributed by atoms with Crippen molar-refractivity contribution < 1.29 is 14.3 Å². The Labute approximate surface area is 159 Å². The molecule has 1 aromatic carbocycles. The SMILES string of the molecule is COCCNC(=O)c1ccc(N2CCN(c3ccccc3OC)CC2)nc1. The number of benzene rings is 1. The van der Waals surface area contributed by atoms with Gasteiger partial charge in [-0.25, -0.2) is 4.98 Å². The fourth-order valence-electron chi connectivity index (χ4n) is 3.14. The van der Waals surface area contributed by atoms with E-state index in [2.05, 4.69) is 26.2 Å². The van der Waals surface area contributed by atoms with Gasteiger partial charge < -0.3 is 24.6 Å².